The molecule has 1 amide bonds. The number of carbonyl (C=O) groups is 2. The van der Waals surface area contributed by atoms with Crippen LogP contribution in [0, 0.1) is 0 Å². The van der Waals surface area contributed by atoms with E-state index in [1.807, 2.05) is 12.1 Å². The minimum Gasteiger partial charge on any atom is -0.548 e. The average molecular weight is 406 g/mol. The van der Waals surface area contributed by atoms with E-state index < -0.39 is 17.9 Å². The van der Waals surface area contributed by atoms with Crippen LogP contribution in [0.1, 0.15) is 23.1 Å². The van der Waals surface area contributed by atoms with E-state index in [1.165, 1.54) is 0 Å². The van der Waals surface area contributed by atoms with E-state index >= 15 is 0 Å². The van der Waals surface area contributed by atoms with Crippen molar-refractivity contribution in [1.82, 2.24) is 5.32 Å². The Kier molecular flexibility index (Phi) is 5.52. The molecular weight excluding hydrogens is 386 g/mol. The van der Waals surface area contributed by atoms with Crippen molar-refractivity contribution in [2.75, 3.05) is 6.61 Å². The molecule has 1 aliphatic carbocycles. The SMILES string of the molecule is O=C(COc1ccc2c3c(c(=O)oc2c1)CCC3)N[C@@H](Cc1ccccc1)C(=O)[O-]. The van der Waals surface area contributed by atoms with Gasteiger partial charge in [0.1, 0.15) is 11.3 Å². The predicted octanol–water partition coefficient (Wildman–Crippen LogP) is 1.14. The van der Waals surface area contributed by atoms with Crippen LogP contribution in [0.2, 0.25) is 0 Å². The third-order valence-electron chi connectivity index (χ3n) is 5.22. The van der Waals surface area contributed by atoms with E-state index in [-0.39, 0.29) is 18.7 Å². The molecule has 0 unspecified atom stereocenters. The van der Waals surface area contributed by atoms with Crippen molar-refractivity contribution in [2.45, 2.75) is 31.7 Å². The minimum absolute atomic E-state index is 0.112. The average Bonchev–Trinajstić information content (AvgIpc) is 3.23. The third kappa shape index (κ3) is 4.20. The number of hydrogen-bond donors (Lipinski definition) is 1. The molecule has 0 spiro atoms. The molecule has 4 rings (SSSR count). The summed E-state index contributed by atoms with van der Waals surface area (Å²) in [5.74, 6) is -1.60. The number of hydrogen-bond acceptors (Lipinski definition) is 6. The van der Waals surface area contributed by atoms with Crippen LogP contribution in [-0.2, 0) is 28.9 Å². The van der Waals surface area contributed by atoms with Crippen molar-refractivity contribution in [3.8, 4) is 5.75 Å². The Balaban J connectivity index is 1.41. The molecule has 1 heterocycles. The number of nitrogens with one attached hydrogen (secondary N) is 1. The highest BCUT2D eigenvalue weighted by molar-refractivity contribution is 5.85. The molecule has 0 saturated carbocycles. The highest BCUT2D eigenvalue weighted by Gasteiger charge is 2.20. The van der Waals surface area contributed by atoms with Crippen molar-refractivity contribution in [1.29, 1.82) is 0 Å². The summed E-state index contributed by atoms with van der Waals surface area (Å²) in [7, 11) is 0. The monoisotopic (exact) mass is 406 g/mol. The molecule has 0 bridgehead atoms. The van der Waals surface area contributed by atoms with Crippen LogP contribution < -0.4 is 20.8 Å². The number of amides is 1. The lowest BCUT2D eigenvalue weighted by molar-refractivity contribution is -0.308. The van der Waals surface area contributed by atoms with Gasteiger partial charge >= 0.3 is 5.63 Å². The fraction of sp³-hybridized carbons (Fsp3) is 0.261. The number of carboxylic acid groups (broad SMARTS) is 1. The fourth-order valence-corrected chi connectivity index (χ4v) is 3.78. The summed E-state index contributed by atoms with van der Waals surface area (Å²) >= 11 is 0. The van der Waals surface area contributed by atoms with E-state index in [0.29, 0.717) is 11.3 Å². The van der Waals surface area contributed by atoms with Crippen LogP contribution in [-0.4, -0.2) is 24.5 Å². The van der Waals surface area contributed by atoms with Gasteiger partial charge in [-0.15, -0.1) is 0 Å². The zero-order valence-electron chi connectivity index (χ0n) is 16.2. The molecule has 154 valence electrons. The van der Waals surface area contributed by atoms with E-state index in [2.05, 4.69) is 5.32 Å². The maximum Gasteiger partial charge on any atom is 0.339 e. The molecular formula is C23H20NO6-. The third-order valence-corrected chi connectivity index (χ3v) is 5.22. The van der Waals surface area contributed by atoms with Crippen molar-refractivity contribution >= 4 is 22.8 Å². The second-order valence-electron chi connectivity index (χ2n) is 7.28. The lowest BCUT2D eigenvalue weighted by atomic mass is 10.1. The summed E-state index contributed by atoms with van der Waals surface area (Å²) in [5, 5.41) is 14.7. The molecule has 2 aromatic carbocycles. The summed E-state index contributed by atoms with van der Waals surface area (Å²) < 4.78 is 10.9. The molecule has 7 nitrogen and oxygen atoms in total. The largest absolute Gasteiger partial charge is 0.548 e. The van der Waals surface area contributed by atoms with Gasteiger partial charge in [-0.25, -0.2) is 4.79 Å². The second kappa shape index (κ2) is 8.41. The molecule has 0 fully saturated rings. The number of aryl methyl sites for hydroxylation is 1. The first-order valence-electron chi connectivity index (χ1n) is 9.77. The highest BCUT2D eigenvalue weighted by Crippen LogP contribution is 2.29. The molecule has 0 radical (unpaired) electrons. The minimum atomic E-state index is -1.37. The maximum atomic E-state index is 12.2. The Labute approximate surface area is 172 Å². The van der Waals surface area contributed by atoms with E-state index in [9.17, 15) is 19.5 Å². The Hall–Kier alpha value is -3.61. The molecule has 1 aliphatic rings. The standard InChI is InChI=1S/C23H21NO6/c25-21(24-19(22(26)27)11-14-5-2-1-3-6-14)13-29-15-9-10-17-16-7-4-8-18(16)23(28)30-20(17)12-15/h1-3,5-6,9-10,12,19H,4,7-8,11,13H2,(H,24,25)(H,26,27)/p-1/t19-/m0/s1. The van der Waals surface area contributed by atoms with Gasteiger partial charge in [-0.2, -0.15) is 0 Å². The smallest absolute Gasteiger partial charge is 0.339 e. The Morgan fingerprint density at radius 3 is 2.63 bits per heavy atom. The summed E-state index contributed by atoms with van der Waals surface area (Å²) in [6, 6.07) is 12.9. The van der Waals surface area contributed by atoms with Gasteiger partial charge in [0.15, 0.2) is 6.61 Å². The number of ether oxygens (including phenoxy) is 1. The lowest BCUT2D eigenvalue weighted by Gasteiger charge is -2.20. The van der Waals surface area contributed by atoms with Crippen molar-refractivity contribution in [3.05, 3.63) is 75.6 Å². The molecule has 1 N–H and O–H groups in total. The van der Waals surface area contributed by atoms with Gasteiger partial charge in [0.2, 0.25) is 0 Å². The van der Waals surface area contributed by atoms with Crippen LogP contribution in [0.25, 0.3) is 11.0 Å². The van der Waals surface area contributed by atoms with Crippen LogP contribution in [0.5, 0.6) is 5.75 Å². The quantitative estimate of drug-likeness (QED) is 0.590. The number of benzene rings is 2. The number of rotatable bonds is 7. The van der Waals surface area contributed by atoms with Gasteiger partial charge in [-0.3, -0.25) is 4.79 Å². The molecule has 3 aromatic rings. The molecule has 0 aliphatic heterocycles. The van der Waals surface area contributed by atoms with Gasteiger partial charge in [-0.1, -0.05) is 30.3 Å². The van der Waals surface area contributed by atoms with Crippen LogP contribution in [0.15, 0.2) is 57.7 Å². The number of carboxylic acids is 1. The number of fused-ring (bicyclic) bond motifs is 3. The zero-order valence-corrected chi connectivity index (χ0v) is 16.2. The summed E-state index contributed by atoms with van der Waals surface area (Å²) in [6.07, 6.45) is 2.61. The zero-order chi connectivity index (χ0) is 21.1. The molecule has 7 heteroatoms. The molecule has 1 atom stereocenters. The van der Waals surface area contributed by atoms with Gasteiger partial charge < -0.3 is 24.4 Å². The van der Waals surface area contributed by atoms with E-state index in [1.54, 1.807) is 36.4 Å². The number of aliphatic carboxylic acids is 1. The van der Waals surface area contributed by atoms with Crippen molar-refractivity contribution in [2.24, 2.45) is 0 Å². The van der Waals surface area contributed by atoms with Gasteiger partial charge in [0.05, 0.1) is 12.0 Å². The summed E-state index contributed by atoms with van der Waals surface area (Å²) in [4.78, 5) is 35.7. The van der Waals surface area contributed by atoms with E-state index in [4.69, 9.17) is 9.15 Å². The molecule has 0 saturated heterocycles. The first kappa shape index (κ1) is 19.7. The maximum absolute atomic E-state index is 12.2. The van der Waals surface area contributed by atoms with Crippen LogP contribution in [0.4, 0.5) is 0 Å². The normalized spacial score (nSPS) is 13.6. The van der Waals surface area contributed by atoms with Crippen molar-refractivity contribution in [3.63, 3.8) is 0 Å². The Morgan fingerprint density at radius 1 is 1.10 bits per heavy atom. The molecule has 1 aromatic heterocycles. The van der Waals surface area contributed by atoms with Crippen LogP contribution >= 0.6 is 0 Å². The Morgan fingerprint density at radius 2 is 1.87 bits per heavy atom. The second-order valence-corrected chi connectivity index (χ2v) is 7.28. The molecule has 30 heavy (non-hydrogen) atoms. The lowest BCUT2D eigenvalue weighted by Crippen LogP contribution is -2.50. The summed E-state index contributed by atoms with van der Waals surface area (Å²) in [5.41, 5.74) is 2.61. The topological polar surface area (TPSA) is 109 Å². The first-order valence-corrected chi connectivity index (χ1v) is 9.77. The Bertz CT molecular complexity index is 1150. The summed E-state index contributed by atoms with van der Waals surface area (Å²) in [6.45, 7) is -0.376. The predicted molar refractivity (Wildman–Crippen MR) is 107 cm³/mol. The van der Waals surface area contributed by atoms with Crippen LogP contribution in [0.3, 0.4) is 0 Å². The van der Waals surface area contributed by atoms with Gasteiger partial charge in [-0.05, 0) is 48.9 Å². The fourth-order valence-electron chi connectivity index (χ4n) is 3.78. The van der Waals surface area contributed by atoms with E-state index in [0.717, 1.165) is 41.3 Å². The first-order chi connectivity index (χ1) is 14.5. The van der Waals surface area contributed by atoms with Crippen molar-refractivity contribution < 1.29 is 23.8 Å². The highest BCUT2D eigenvalue weighted by atomic mass is 16.5. The van der Waals surface area contributed by atoms with Gasteiger partial charge in [0, 0.05) is 17.0 Å². The number of carbonyl (C=O) groups excluding carboxylic acids is 2. The van der Waals surface area contributed by atoms with Gasteiger partial charge in [0.25, 0.3) is 5.91 Å².